The summed E-state index contributed by atoms with van der Waals surface area (Å²) in [7, 11) is 0. The van der Waals surface area contributed by atoms with Gasteiger partial charge in [0.25, 0.3) is 5.69 Å². The van der Waals surface area contributed by atoms with E-state index in [4.69, 9.17) is 0 Å². The fourth-order valence-electron chi connectivity index (χ4n) is 2.50. The molecule has 0 aliphatic carbocycles. The van der Waals surface area contributed by atoms with Crippen molar-refractivity contribution in [2.45, 2.75) is 26.7 Å². The normalized spacial score (nSPS) is 10.4. The number of rotatable bonds is 5. The number of hydrogen-bond acceptors (Lipinski definition) is 3. The molecule has 108 valence electrons. The summed E-state index contributed by atoms with van der Waals surface area (Å²) in [6.45, 7) is 3.90. The number of nitro groups is 1. The van der Waals surface area contributed by atoms with Crippen LogP contribution in [0.25, 0.3) is 0 Å². The zero-order valence-electron chi connectivity index (χ0n) is 12.1. The predicted molar refractivity (Wildman–Crippen MR) is 81.7 cm³/mol. The van der Waals surface area contributed by atoms with E-state index in [9.17, 15) is 14.9 Å². The second-order valence-corrected chi connectivity index (χ2v) is 4.79. The van der Waals surface area contributed by atoms with E-state index in [0.29, 0.717) is 24.0 Å². The molecule has 0 atom stereocenters. The van der Waals surface area contributed by atoms with Gasteiger partial charge in [-0.3, -0.25) is 14.9 Å². The Morgan fingerprint density at radius 3 is 2.29 bits per heavy atom. The summed E-state index contributed by atoms with van der Waals surface area (Å²) in [6.07, 6.45) is 1.34. The topological polar surface area (TPSA) is 60.2 Å². The first-order valence-electron chi connectivity index (χ1n) is 6.98. The average Bonchev–Trinajstić information content (AvgIpc) is 2.53. The molecule has 4 nitrogen and oxygen atoms in total. The fourth-order valence-corrected chi connectivity index (χ4v) is 2.50. The van der Waals surface area contributed by atoms with Crippen molar-refractivity contribution in [3.63, 3.8) is 0 Å². The lowest BCUT2D eigenvalue weighted by molar-refractivity contribution is -0.384. The molecule has 21 heavy (non-hydrogen) atoms. The number of nitro benzene ring substituents is 1. The summed E-state index contributed by atoms with van der Waals surface area (Å²) in [5.74, 6) is -0.161. The van der Waals surface area contributed by atoms with Crippen LogP contribution in [0.4, 0.5) is 5.69 Å². The minimum Gasteiger partial charge on any atom is -0.289 e. The van der Waals surface area contributed by atoms with Gasteiger partial charge in [0.1, 0.15) is 0 Å². The van der Waals surface area contributed by atoms with Crippen LogP contribution in [0.1, 0.15) is 40.9 Å². The van der Waals surface area contributed by atoms with Gasteiger partial charge in [0.2, 0.25) is 0 Å². The van der Waals surface area contributed by atoms with Crippen molar-refractivity contribution in [3.8, 4) is 0 Å². The number of nitrogens with zero attached hydrogens (tertiary/aromatic N) is 1. The Morgan fingerprint density at radius 2 is 1.76 bits per heavy atom. The molecule has 0 heterocycles. The van der Waals surface area contributed by atoms with Crippen LogP contribution in [0.3, 0.4) is 0 Å². The molecule has 0 spiro atoms. The highest BCUT2D eigenvalue weighted by Crippen LogP contribution is 2.26. The summed E-state index contributed by atoms with van der Waals surface area (Å²) in [4.78, 5) is 23.3. The number of carbonyl (C=O) groups is 1. The van der Waals surface area contributed by atoms with Crippen LogP contribution in [0.2, 0.25) is 0 Å². The first-order valence-corrected chi connectivity index (χ1v) is 6.98. The Hall–Kier alpha value is -2.49. The number of aryl methyl sites for hydroxylation is 1. The summed E-state index contributed by atoms with van der Waals surface area (Å²) < 4.78 is 0. The van der Waals surface area contributed by atoms with Gasteiger partial charge in [-0.2, -0.15) is 0 Å². The number of benzene rings is 2. The average molecular weight is 283 g/mol. The SMILES string of the molecule is CCc1cc([N+](=O)[O-])cc(C(=O)c2ccccc2)c1CC. The van der Waals surface area contributed by atoms with Crippen LogP contribution in [-0.2, 0) is 12.8 Å². The standard InChI is InChI=1S/C17H17NO3/c1-3-12-10-14(18(20)21)11-16(15(12)4-2)17(19)13-8-6-5-7-9-13/h5-11H,3-4H2,1-2H3. The van der Waals surface area contributed by atoms with Gasteiger partial charge in [0.15, 0.2) is 5.78 Å². The molecule has 0 aliphatic rings. The Bertz CT molecular complexity index is 678. The summed E-state index contributed by atoms with van der Waals surface area (Å²) >= 11 is 0. The Labute approximate surface area is 123 Å². The van der Waals surface area contributed by atoms with Gasteiger partial charge in [-0.15, -0.1) is 0 Å². The van der Waals surface area contributed by atoms with E-state index in [1.165, 1.54) is 6.07 Å². The first-order chi connectivity index (χ1) is 10.1. The van der Waals surface area contributed by atoms with E-state index >= 15 is 0 Å². The van der Waals surface area contributed by atoms with Crippen LogP contribution in [0, 0.1) is 10.1 Å². The molecule has 0 saturated carbocycles. The highest BCUT2D eigenvalue weighted by atomic mass is 16.6. The molecule has 0 saturated heterocycles. The number of carbonyl (C=O) groups excluding carboxylic acids is 1. The van der Waals surface area contributed by atoms with Crippen molar-refractivity contribution < 1.29 is 9.72 Å². The van der Waals surface area contributed by atoms with Crippen LogP contribution in [0.15, 0.2) is 42.5 Å². The monoisotopic (exact) mass is 283 g/mol. The smallest absolute Gasteiger partial charge is 0.270 e. The van der Waals surface area contributed by atoms with Crippen molar-refractivity contribution in [3.05, 3.63) is 74.8 Å². The van der Waals surface area contributed by atoms with Crippen molar-refractivity contribution in [2.75, 3.05) is 0 Å². The summed E-state index contributed by atoms with van der Waals surface area (Å²) in [6, 6.07) is 11.8. The zero-order chi connectivity index (χ0) is 15.4. The molecule has 0 unspecified atom stereocenters. The molecule has 2 rings (SSSR count). The highest BCUT2D eigenvalue weighted by molar-refractivity contribution is 6.10. The van der Waals surface area contributed by atoms with Gasteiger partial charge >= 0.3 is 0 Å². The van der Waals surface area contributed by atoms with Crippen molar-refractivity contribution in [1.82, 2.24) is 0 Å². The molecule has 0 aromatic heterocycles. The second-order valence-electron chi connectivity index (χ2n) is 4.79. The van der Waals surface area contributed by atoms with Crippen LogP contribution >= 0.6 is 0 Å². The Balaban J connectivity index is 2.63. The quantitative estimate of drug-likeness (QED) is 0.474. The van der Waals surface area contributed by atoms with Gasteiger partial charge in [0, 0.05) is 23.3 Å². The van der Waals surface area contributed by atoms with Crippen LogP contribution in [-0.4, -0.2) is 10.7 Å². The molecule has 2 aromatic rings. The molecule has 2 aromatic carbocycles. The second kappa shape index (κ2) is 6.31. The number of ketones is 1. The van der Waals surface area contributed by atoms with Gasteiger partial charge in [0.05, 0.1) is 4.92 Å². The third kappa shape index (κ3) is 2.99. The van der Waals surface area contributed by atoms with Crippen LogP contribution in [0.5, 0.6) is 0 Å². The van der Waals surface area contributed by atoms with E-state index in [-0.39, 0.29) is 11.5 Å². The maximum Gasteiger partial charge on any atom is 0.270 e. The van der Waals surface area contributed by atoms with Crippen molar-refractivity contribution in [2.24, 2.45) is 0 Å². The highest BCUT2D eigenvalue weighted by Gasteiger charge is 2.20. The van der Waals surface area contributed by atoms with E-state index in [1.54, 1.807) is 30.3 Å². The Kier molecular flexibility index (Phi) is 4.48. The minimum absolute atomic E-state index is 0.0247. The molecular weight excluding hydrogens is 266 g/mol. The Morgan fingerprint density at radius 1 is 1.10 bits per heavy atom. The molecular formula is C17H17NO3. The van der Waals surface area contributed by atoms with Gasteiger partial charge < -0.3 is 0 Å². The minimum atomic E-state index is -0.444. The lowest BCUT2D eigenvalue weighted by atomic mass is 9.91. The van der Waals surface area contributed by atoms with Crippen molar-refractivity contribution >= 4 is 11.5 Å². The molecule has 0 radical (unpaired) electrons. The largest absolute Gasteiger partial charge is 0.289 e. The lowest BCUT2D eigenvalue weighted by Crippen LogP contribution is -2.09. The maximum absolute atomic E-state index is 12.6. The molecule has 0 N–H and O–H groups in total. The molecule has 0 amide bonds. The molecule has 0 fully saturated rings. The van der Waals surface area contributed by atoms with E-state index in [0.717, 1.165) is 11.1 Å². The molecule has 0 bridgehead atoms. The van der Waals surface area contributed by atoms with Gasteiger partial charge in [-0.1, -0.05) is 44.2 Å². The van der Waals surface area contributed by atoms with E-state index in [1.807, 2.05) is 19.9 Å². The maximum atomic E-state index is 12.6. The van der Waals surface area contributed by atoms with Crippen molar-refractivity contribution in [1.29, 1.82) is 0 Å². The van der Waals surface area contributed by atoms with E-state index in [2.05, 4.69) is 0 Å². The van der Waals surface area contributed by atoms with E-state index < -0.39 is 4.92 Å². The fraction of sp³-hybridized carbons (Fsp3) is 0.235. The lowest BCUT2D eigenvalue weighted by Gasteiger charge is -2.12. The predicted octanol–water partition coefficient (Wildman–Crippen LogP) is 3.95. The van der Waals surface area contributed by atoms with Crippen LogP contribution < -0.4 is 0 Å². The number of non-ortho nitro benzene ring substituents is 1. The summed E-state index contributed by atoms with van der Waals surface area (Å²) in [5.41, 5.74) is 2.73. The third-order valence-electron chi connectivity index (χ3n) is 3.55. The summed E-state index contributed by atoms with van der Waals surface area (Å²) in [5, 5.41) is 11.1. The first kappa shape index (κ1) is 14.9. The van der Waals surface area contributed by atoms with Gasteiger partial charge in [-0.25, -0.2) is 0 Å². The number of hydrogen-bond donors (Lipinski definition) is 0. The molecule has 4 heteroatoms. The zero-order valence-corrected chi connectivity index (χ0v) is 12.1. The van der Waals surface area contributed by atoms with Gasteiger partial charge in [-0.05, 0) is 24.0 Å². The molecule has 0 aliphatic heterocycles. The third-order valence-corrected chi connectivity index (χ3v) is 3.55.